The monoisotopic (exact) mass is 331 g/mol. The quantitative estimate of drug-likeness (QED) is 0.529. The van der Waals surface area contributed by atoms with Crippen molar-refractivity contribution in [3.8, 4) is 0 Å². The fraction of sp³-hybridized carbons (Fsp3) is 0.0667. The zero-order chi connectivity index (χ0) is 16.6. The third-order valence-corrected chi connectivity index (χ3v) is 3.69. The summed E-state index contributed by atoms with van der Waals surface area (Å²) in [5.74, 6) is -1.41. The van der Waals surface area contributed by atoms with Gasteiger partial charge in [-0.25, -0.2) is 10.4 Å². The molecular weight excluding hydrogens is 322 g/mol. The predicted molar refractivity (Wildman–Crippen MR) is 82.9 cm³/mol. The van der Waals surface area contributed by atoms with Crippen LogP contribution in [0.2, 0.25) is 5.02 Å². The number of nitro groups is 1. The van der Waals surface area contributed by atoms with E-state index in [-0.39, 0.29) is 5.69 Å². The Bertz CT molecular complexity index is 807. The minimum atomic E-state index is -0.960. The molecule has 3 rings (SSSR count). The number of rotatable bonds is 3. The van der Waals surface area contributed by atoms with E-state index in [2.05, 4.69) is 5.43 Å². The van der Waals surface area contributed by atoms with Gasteiger partial charge in [-0.15, -0.1) is 0 Å². The summed E-state index contributed by atoms with van der Waals surface area (Å²) in [6, 6.07) is 11.0. The van der Waals surface area contributed by atoms with Crippen LogP contribution >= 0.6 is 11.6 Å². The molecule has 1 atom stereocenters. The number of Topliss-reactive ketones (excluding diaryl/α,β-unsaturated/α-hetero) is 1. The molecule has 0 saturated carbocycles. The van der Waals surface area contributed by atoms with Crippen molar-refractivity contribution < 1.29 is 14.5 Å². The number of ketones is 1. The number of nitrogens with one attached hydrogen (secondary N) is 1. The molecule has 0 aromatic heterocycles. The number of carbonyl (C=O) groups is 2. The average molecular weight is 332 g/mol. The Balaban J connectivity index is 1.92. The number of anilines is 1. The van der Waals surface area contributed by atoms with Gasteiger partial charge in [-0.2, -0.15) is 0 Å². The van der Waals surface area contributed by atoms with Crippen LogP contribution in [0.4, 0.5) is 11.4 Å². The van der Waals surface area contributed by atoms with Crippen molar-refractivity contribution in [2.24, 2.45) is 0 Å². The lowest BCUT2D eigenvalue weighted by Gasteiger charge is -2.17. The first-order valence-corrected chi connectivity index (χ1v) is 6.99. The number of benzene rings is 2. The molecule has 23 heavy (non-hydrogen) atoms. The van der Waals surface area contributed by atoms with Gasteiger partial charge in [0.15, 0.2) is 0 Å². The van der Waals surface area contributed by atoms with E-state index in [0.29, 0.717) is 16.3 Å². The van der Waals surface area contributed by atoms with E-state index >= 15 is 0 Å². The summed E-state index contributed by atoms with van der Waals surface area (Å²) in [4.78, 5) is 34.6. The molecule has 1 aliphatic heterocycles. The molecule has 1 fully saturated rings. The average Bonchev–Trinajstić information content (AvgIpc) is 2.84. The number of halogens is 1. The molecule has 1 N–H and O–H groups in total. The molecule has 0 spiro atoms. The summed E-state index contributed by atoms with van der Waals surface area (Å²) in [7, 11) is 0. The highest BCUT2D eigenvalue weighted by molar-refractivity contribution is 6.45. The van der Waals surface area contributed by atoms with Gasteiger partial charge in [0.2, 0.25) is 5.78 Å². The summed E-state index contributed by atoms with van der Waals surface area (Å²) >= 11 is 5.80. The molecule has 0 aliphatic carbocycles. The van der Waals surface area contributed by atoms with Gasteiger partial charge in [0.05, 0.1) is 10.6 Å². The van der Waals surface area contributed by atoms with Gasteiger partial charge < -0.3 is 0 Å². The van der Waals surface area contributed by atoms with Crippen molar-refractivity contribution in [3.05, 3.63) is 69.2 Å². The topological polar surface area (TPSA) is 92.6 Å². The maximum Gasteiger partial charge on any atom is 0.310 e. The van der Waals surface area contributed by atoms with Gasteiger partial charge in [0.25, 0.3) is 5.69 Å². The van der Waals surface area contributed by atoms with E-state index in [1.807, 2.05) is 0 Å². The van der Waals surface area contributed by atoms with E-state index < -0.39 is 22.7 Å². The number of nitro benzene ring substituents is 1. The molecule has 2 aromatic carbocycles. The fourth-order valence-corrected chi connectivity index (χ4v) is 2.43. The van der Waals surface area contributed by atoms with Crippen LogP contribution in [-0.2, 0) is 9.59 Å². The van der Waals surface area contributed by atoms with Crippen LogP contribution in [0.25, 0.3) is 0 Å². The van der Waals surface area contributed by atoms with Crippen LogP contribution < -0.4 is 10.4 Å². The molecule has 2 aromatic rings. The molecule has 7 nitrogen and oxygen atoms in total. The predicted octanol–water partition coefficient (Wildman–Crippen LogP) is 2.41. The van der Waals surface area contributed by atoms with Gasteiger partial charge in [-0.1, -0.05) is 23.7 Å². The number of hydrazine groups is 1. The molecule has 1 unspecified atom stereocenters. The molecule has 0 bridgehead atoms. The van der Waals surface area contributed by atoms with E-state index in [4.69, 9.17) is 11.6 Å². The lowest BCUT2D eigenvalue weighted by atomic mass is 10.0. The summed E-state index contributed by atoms with van der Waals surface area (Å²) in [6.45, 7) is 0. The molecule has 1 amide bonds. The number of hydrogen-bond acceptors (Lipinski definition) is 5. The van der Waals surface area contributed by atoms with Crippen LogP contribution in [0.15, 0.2) is 48.5 Å². The van der Waals surface area contributed by atoms with Crippen LogP contribution in [0.3, 0.4) is 0 Å². The van der Waals surface area contributed by atoms with E-state index in [0.717, 1.165) is 5.01 Å². The summed E-state index contributed by atoms with van der Waals surface area (Å²) in [5.41, 5.74) is 3.45. The van der Waals surface area contributed by atoms with Crippen molar-refractivity contribution >= 4 is 34.7 Å². The first kappa shape index (κ1) is 15.1. The number of nitrogens with zero attached hydrogens (tertiary/aromatic N) is 2. The zero-order valence-corrected chi connectivity index (χ0v) is 12.4. The third kappa shape index (κ3) is 2.79. The second-order valence-corrected chi connectivity index (χ2v) is 5.33. The smallest absolute Gasteiger partial charge is 0.286 e. The van der Waals surface area contributed by atoms with Crippen LogP contribution in [-0.4, -0.2) is 16.6 Å². The van der Waals surface area contributed by atoms with Gasteiger partial charge in [0.1, 0.15) is 6.04 Å². The molecule has 1 saturated heterocycles. The number of amides is 1. The minimum Gasteiger partial charge on any atom is -0.286 e. The lowest BCUT2D eigenvalue weighted by molar-refractivity contribution is -0.384. The Morgan fingerprint density at radius 2 is 1.83 bits per heavy atom. The molecule has 1 aliphatic rings. The van der Waals surface area contributed by atoms with E-state index in [9.17, 15) is 19.7 Å². The zero-order valence-electron chi connectivity index (χ0n) is 11.6. The highest BCUT2D eigenvalue weighted by atomic mass is 35.5. The molecule has 116 valence electrons. The van der Waals surface area contributed by atoms with Crippen molar-refractivity contribution in [1.29, 1.82) is 0 Å². The summed E-state index contributed by atoms with van der Waals surface area (Å²) in [6.07, 6.45) is 0. The Labute approximate surface area is 135 Å². The van der Waals surface area contributed by atoms with Crippen LogP contribution in [0, 0.1) is 10.1 Å². The summed E-state index contributed by atoms with van der Waals surface area (Å²) in [5, 5.41) is 12.5. The molecule has 8 heteroatoms. The Morgan fingerprint density at radius 3 is 2.48 bits per heavy atom. The Kier molecular flexibility index (Phi) is 3.81. The highest BCUT2D eigenvalue weighted by Crippen LogP contribution is 2.28. The standard InChI is InChI=1S/C15H10ClN3O4/c16-10-4-6-11(7-5-10)18-15(21)14(20)13(17-18)9-2-1-3-12(8-9)19(22)23/h1-8,13,17H. The van der Waals surface area contributed by atoms with Gasteiger partial charge in [-0.05, 0) is 29.8 Å². The van der Waals surface area contributed by atoms with Crippen LogP contribution in [0.1, 0.15) is 11.6 Å². The first-order valence-electron chi connectivity index (χ1n) is 6.62. The second-order valence-electron chi connectivity index (χ2n) is 4.90. The highest BCUT2D eigenvalue weighted by Gasteiger charge is 2.40. The second kappa shape index (κ2) is 5.79. The van der Waals surface area contributed by atoms with Crippen LogP contribution in [0.5, 0.6) is 0 Å². The molecule has 1 heterocycles. The van der Waals surface area contributed by atoms with Crippen molar-refractivity contribution in [2.45, 2.75) is 6.04 Å². The van der Waals surface area contributed by atoms with Crippen molar-refractivity contribution in [3.63, 3.8) is 0 Å². The number of carbonyl (C=O) groups excluding carboxylic acids is 2. The fourth-order valence-electron chi connectivity index (χ4n) is 2.31. The van der Waals surface area contributed by atoms with Gasteiger partial charge in [-0.3, -0.25) is 19.7 Å². The molecular formula is C15H10ClN3O4. The first-order chi connectivity index (χ1) is 11.0. The van der Waals surface area contributed by atoms with Crippen molar-refractivity contribution in [1.82, 2.24) is 5.43 Å². The molecule has 0 radical (unpaired) electrons. The van der Waals surface area contributed by atoms with E-state index in [1.165, 1.54) is 18.2 Å². The normalized spacial score (nSPS) is 17.6. The largest absolute Gasteiger partial charge is 0.310 e. The van der Waals surface area contributed by atoms with Crippen molar-refractivity contribution in [2.75, 3.05) is 5.01 Å². The maximum absolute atomic E-state index is 12.2. The summed E-state index contributed by atoms with van der Waals surface area (Å²) < 4.78 is 0. The van der Waals surface area contributed by atoms with E-state index in [1.54, 1.807) is 30.3 Å². The Morgan fingerprint density at radius 1 is 1.13 bits per heavy atom. The number of non-ortho nitro benzene ring substituents is 1. The minimum absolute atomic E-state index is 0.144. The Hall–Kier alpha value is -2.77. The number of hydrogen-bond donors (Lipinski definition) is 1. The van der Waals surface area contributed by atoms with Gasteiger partial charge >= 0.3 is 5.91 Å². The lowest BCUT2D eigenvalue weighted by Crippen LogP contribution is -2.35. The maximum atomic E-state index is 12.2. The SMILES string of the molecule is O=C1C(=O)N(c2ccc(Cl)cc2)NC1c1cccc([N+](=O)[O-])c1. The third-order valence-electron chi connectivity index (χ3n) is 3.43. The van der Waals surface area contributed by atoms with Gasteiger partial charge in [0, 0.05) is 17.2 Å².